The van der Waals surface area contributed by atoms with E-state index in [-0.39, 0.29) is 43.7 Å². The third kappa shape index (κ3) is 4.72. The van der Waals surface area contributed by atoms with Gasteiger partial charge in [0.2, 0.25) is 5.91 Å². The van der Waals surface area contributed by atoms with Crippen LogP contribution in [0.25, 0.3) is 0 Å². The zero-order chi connectivity index (χ0) is 22.9. The Balaban J connectivity index is 1.42. The molecule has 1 unspecified atom stereocenters. The Morgan fingerprint density at radius 2 is 1.69 bits per heavy atom. The van der Waals surface area contributed by atoms with Crippen molar-refractivity contribution in [2.45, 2.75) is 11.7 Å². The molecule has 3 amide bonds. The molecule has 0 aromatic heterocycles. The highest BCUT2D eigenvalue weighted by Crippen LogP contribution is 2.34. The first kappa shape index (κ1) is 22.9. The molecule has 2 aromatic rings. The molecular weight excluding hydrogens is 473 g/mol. The fourth-order valence-electron chi connectivity index (χ4n) is 4.13. The Labute approximate surface area is 197 Å². The minimum atomic E-state index is -3.47. The quantitative estimate of drug-likeness (QED) is 0.648. The third-order valence-electron chi connectivity index (χ3n) is 5.90. The van der Waals surface area contributed by atoms with E-state index >= 15 is 0 Å². The second kappa shape index (κ2) is 9.29. The van der Waals surface area contributed by atoms with Crippen molar-refractivity contribution in [3.05, 3.63) is 64.1 Å². The summed E-state index contributed by atoms with van der Waals surface area (Å²) in [7, 11) is -3.47. The average molecular weight is 496 g/mol. The number of amides is 3. The van der Waals surface area contributed by atoms with Gasteiger partial charge in [0.1, 0.15) is 6.54 Å². The fourth-order valence-corrected chi connectivity index (χ4v) is 6.41. The molecule has 4 rings (SSSR count). The van der Waals surface area contributed by atoms with Gasteiger partial charge in [-0.1, -0.05) is 41.4 Å². The Morgan fingerprint density at radius 3 is 2.41 bits per heavy atom. The van der Waals surface area contributed by atoms with E-state index < -0.39 is 15.1 Å². The predicted molar refractivity (Wildman–Crippen MR) is 125 cm³/mol. The molecule has 0 aliphatic carbocycles. The zero-order valence-corrected chi connectivity index (χ0v) is 19.6. The number of urea groups is 1. The van der Waals surface area contributed by atoms with Crippen LogP contribution >= 0.6 is 23.2 Å². The van der Waals surface area contributed by atoms with Gasteiger partial charge in [0, 0.05) is 41.9 Å². The van der Waals surface area contributed by atoms with Crippen LogP contribution in [0, 0.1) is 0 Å². The standard InChI is InChI=1S/C22H23Cl2N3O4S/c23-16-5-7-17(8-6-16)27-12-11-26(22(27)29)15-21(28)25-10-9-20(32(30,31)14-13-25)18-3-1-2-4-19(18)24/h1-8,20H,9-15H2. The highest BCUT2D eigenvalue weighted by atomic mass is 35.5. The fraction of sp³-hybridized carbons (Fsp3) is 0.364. The van der Waals surface area contributed by atoms with Crippen LogP contribution in [0.1, 0.15) is 17.2 Å². The average Bonchev–Trinajstić information content (AvgIpc) is 3.03. The molecule has 0 spiro atoms. The molecule has 10 heteroatoms. The molecule has 0 N–H and O–H groups in total. The van der Waals surface area contributed by atoms with E-state index in [1.54, 1.807) is 53.4 Å². The summed E-state index contributed by atoms with van der Waals surface area (Å²) >= 11 is 12.2. The minimum absolute atomic E-state index is 0.0836. The number of sulfone groups is 1. The Hall–Kier alpha value is -2.29. The van der Waals surface area contributed by atoms with Crippen LogP contribution in [0.2, 0.25) is 10.0 Å². The van der Waals surface area contributed by atoms with Crippen molar-refractivity contribution in [1.82, 2.24) is 9.80 Å². The zero-order valence-electron chi connectivity index (χ0n) is 17.3. The lowest BCUT2D eigenvalue weighted by molar-refractivity contribution is -0.131. The number of anilines is 1. The van der Waals surface area contributed by atoms with E-state index in [1.807, 2.05) is 0 Å². The van der Waals surface area contributed by atoms with E-state index in [2.05, 4.69) is 0 Å². The predicted octanol–water partition coefficient (Wildman–Crippen LogP) is 3.62. The number of halogens is 2. The molecule has 32 heavy (non-hydrogen) atoms. The van der Waals surface area contributed by atoms with Gasteiger partial charge in [-0.15, -0.1) is 0 Å². The van der Waals surface area contributed by atoms with Crippen molar-refractivity contribution in [3.8, 4) is 0 Å². The lowest BCUT2D eigenvalue weighted by Gasteiger charge is -2.24. The lowest BCUT2D eigenvalue weighted by atomic mass is 10.1. The van der Waals surface area contributed by atoms with Gasteiger partial charge < -0.3 is 9.80 Å². The lowest BCUT2D eigenvalue weighted by Crippen LogP contribution is -2.43. The van der Waals surface area contributed by atoms with Crippen molar-refractivity contribution in [2.24, 2.45) is 0 Å². The van der Waals surface area contributed by atoms with Crippen LogP contribution in [0.15, 0.2) is 48.5 Å². The topological polar surface area (TPSA) is 78.0 Å². The van der Waals surface area contributed by atoms with Crippen molar-refractivity contribution in [1.29, 1.82) is 0 Å². The van der Waals surface area contributed by atoms with Gasteiger partial charge in [-0.3, -0.25) is 9.69 Å². The second-order valence-corrected chi connectivity index (χ2v) is 11.0. The normalized spacial score (nSPS) is 21.0. The molecule has 2 saturated heterocycles. The van der Waals surface area contributed by atoms with Crippen molar-refractivity contribution < 1.29 is 18.0 Å². The number of carbonyl (C=O) groups is 2. The highest BCUT2D eigenvalue weighted by molar-refractivity contribution is 7.91. The number of rotatable bonds is 4. The van der Waals surface area contributed by atoms with Crippen LogP contribution in [0.3, 0.4) is 0 Å². The molecule has 2 heterocycles. The molecule has 0 saturated carbocycles. The van der Waals surface area contributed by atoms with E-state index in [4.69, 9.17) is 23.2 Å². The number of nitrogens with zero attached hydrogens (tertiary/aromatic N) is 3. The first-order chi connectivity index (χ1) is 15.3. The molecule has 0 bridgehead atoms. The first-order valence-electron chi connectivity index (χ1n) is 10.3. The molecular formula is C22H23Cl2N3O4S. The van der Waals surface area contributed by atoms with Crippen LogP contribution in [-0.2, 0) is 14.6 Å². The number of hydrogen-bond donors (Lipinski definition) is 0. The van der Waals surface area contributed by atoms with E-state index in [9.17, 15) is 18.0 Å². The summed E-state index contributed by atoms with van der Waals surface area (Å²) in [5.41, 5.74) is 1.29. The smallest absolute Gasteiger partial charge is 0.325 e. The minimum Gasteiger partial charge on any atom is -0.340 e. The summed E-state index contributed by atoms with van der Waals surface area (Å²) in [6, 6.07) is 13.6. The summed E-state index contributed by atoms with van der Waals surface area (Å²) in [5.74, 6) is -0.397. The first-order valence-corrected chi connectivity index (χ1v) is 12.8. The number of carbonyl (C=O) groups excluding carboxylic acids is 2. The van der Waals surface area contributed by atoms with Gasteiger partial charge in [0.15, 0.2) is 9.84 Å². The summed E-state index contributed by atoms with van der Waals surface area (Å²) in [4.78, 5) is 30.4. The molecule has 2 fully saturated rings. The molecule has 170 valence electrons. The van der Waals surface area contributed by atoms with Crippen LogP contribution < -0.4 is 4.90 Å². The van der Waals surface area contributed by atoms with Gasteiger partial charge in [0.25, 0.3) is 0 Å². The van der Waals surface area contributed by atoms with E-state index in [1.165, 1.54) is 9.80 Å². The van der Waals surface area contributed by atoms with Crippen LogP contribution in [0.4, 0.5) is 10.5 Å². The van der Waals surface area contributed by atoms with Crippen LogP contribution in [-0.4, -0.2) is 68.6 Å². The summed E-state index contributed by atoms with van der Waals surface area (Å²) < 4.78 is 25.7. The maximum absolute atomic E-state index is 12.9. The van der Waals surface area contributed by atoms with E-state index in [0.29, 0.717) is 28.7 Å². The van der Waals surface area contributed by atoms with Gasteiger partial charge in [0.05, 0.1) is 11.0 Å². The summed E-state index contributed by atoms with van der Waals surface area (Å²) in [5, 5.41) is 0.243. The molecule has 2 aliphatic rings. The van der Waals surface area contributed by atoms with Crippen LogP contribution in [0.5, 0.6) is 0 Å². The molecule has 0 radical (unpaired) electrons. The Kier molecular flexibility index (Phi) is 6.65. The van der Waals surface area contributed by atoms with Gasteiger partial charge in [-0.05, 0) is 42.3 Å². The Morgan fingerprint density at radius 1 is 0.969 bits per heavy atom. The van der Waals surface area contributed by atoms with Gasteiger partial charge >= 0.3 is 6.03 Å². The summed E-state index contributed by atoms with van der Waals surface area (Å²) in [6.07, 6.45) is 0.267. The Bertz CT molecular complexity index is 1120. The third-order valence-corrected chi connectivity index (χ3v) is 8.61. The monoisotopic (exact) mass is 495 g/mol. The maximum Gasteiger partial charge on any atom is 0.325 e. The van der Waals surface area contributed by atoms with E-state index in [0.717, 1.165) is 5.69 Å². The maximum atomic E-state index is 12.9. The number of benzene rings is 2. The molecule has 7 nitrogen and oxygen atoms in total. The largest absolute Gasteiger partial charge is 0.340 e. The van der Waals surface area contributed by atoms with Crippen molar-refractivity contribution in [2.75, 3.05) is 43.4 Å². The SMILES string of the molecule is O=C(CN1CCN(c2ccc(Cl)cc2)C1=O)N1CCC(c2ccccc2Cl)S(=O)(=O)CC1. The molecule has 2 aromatic carbocycles. The second-order valence-electron chi connectivity index (χ2n) is 7.88. The summed E-state index contributed by atoms with van der Waals surface area (Å²) in [6.45, 7) is 1.19. The number of hydrogen-bond acceptors (Lipinski definition) is 4. The molecule has 1 atom stereocenters. The molecule has 2 aliphatic heterocycles. The van der Waals surface area contributed by atoms with Gasteiger partial charge in [-0.25, -0.2) is 13.2 Å². The van der Waals surface area contributed by atoms with Gasteiger partial charge in [-0.2, -0.15) is 0 Å². The van der Waals surface area contributed by atoms with Crippen molar-refractivity contribution in [3.63, 3.8) is 0 Å². The van der Waals surface area contributed by atoms with Crippen molar-refractivity contribution >= 4 is 50.7 Å². The highest BCUT2D eigenvalue weighted by Gasteiger charge is 2.36.